The quantitative estimate of drug-likeness (QED) is 0.567. The predicted molar refractivity (Wildman–Crippen MR) is 105 cm³/mol. The first kappa shape index (κ1) is 18.2. The summed E-state index contributed by atoms with van der Waals surface area (Å²) in [5, 5.41) is 8.16. The number of halogens is 2. The van der Waals surface area contributed by atoms with Crippen LogP contribution in [0.25, 0.3) is 11.5 Å². The smallest absolute Gasteiger partial charge is 0.277 e. The summed E-state index contributed by atoms with van der Waals surface area (Å²) in [5.41, 5.74) is 1.37. The van der Waals surface area contributed by atoms with E-state index in [-0.39, 0.29) is 17.0 Å². The SMILES string of the molecule is O=C1C(Sc2nnc(-c3ccccc3Br)o2)CCCN1c1cccc(F)c1. The van der Waals surface area contributed by atoms with Crippen molar-refractivity contribution in [3.8, 4) is 11.5 Å². The van der Waals surface area contributed by atoms with Gasteiger partial charge in [-0.25, -0.2) is 4.39 Å². The lowest BCUT2D eigenvalue weighted by Gasteiger charge is -2.31. The lowest BCUT2D eigenvalue weighted by molar-refractivity contribution is -0.119. The lowest BCUT2D eigenvalue weighted by atomic mass is 10.1. The van der Waals surface area contributed by atoms with Gasteiger partial charge in [-0.3, -0.25) is 4.79 Å². The Morgan fingerprint density at radius 1 is 1.19 bits per heavy atom. The lowest BCUT2D eigenvalue weighted by Crippen LogP contribution is -2.43. The fourth-order valence-corrected chi connectivity index (χ4v) is 4.40. The topological polar surface area (TPSA) is 59.2 Å². The van der Waals surface area contributed by atoms with Gasteiger partial charge in [-0.1, -0.05) is 30.0 Å². The van der Waals surface area contributed by atoms with Crippen LogP contribution < -0.4 is 4.90 Å². The van der Waals surface area contributed by atoms with Gasteiger partial charge in [0.2, 0.25) is 11.8 Å². The highest BCUT2D eigenvalue weighted by atomic mass is 79.9. The number of amides is 1. The Hall–Kier alpha value is -2.19. The standard InChI is InChI=1S/C19H15BrFN3O2S/c20-15-8-2-1-7-14(15)17-22-23-19(26-17)27-16-9-4-10-24(18(16)25)13-6-3-5-12(21)11-13/h1-3,5-8,11,16H,4,9-10H2. The molecule has 0 spiro atoms. The Morgan fingerprint density at radius 3 is 2.85 bits per heavy atom. The van der Waals surface area contributed by atoms with Crippen LogP contribution in [-0.4, -0.2) is 27.9 Å². The van der Waals surface area contributed by atoms with Gasteiger partial charge in [0.05, 0.1) is 10.8 Å². The molecule has 1 aliphatic rings. The molecular weight excluding hydrogens is 433 g/mol. The van der Waals surface area contributed by atoms with E-state index in [1.165, 1.54) is 23.9 Å². The zero-order valence-electron chi connectivity index (χ0n) is 14.1. The molecule has 1 atom stereocenters. The monoisotopic (exact) mass is 447 g/mol. The minimum atomic E-state index is -0.356. The third-order valence-electron chi connectivity index (χ3n) is 4.26. The first-order chi connectivity index (χ1) is 13.1. The molecule has 1 unspecified atom stereocenters. The van der Waals surface area contributed by atoms with Crippen LogP contribution in [-0.2, 0) is 4.79 Å². The van der Waals surface area contributed by atoms with Crippen LogP contribution >= 0.6 is 27.7 Å². The van der Waals surface area contributed by atoms with Crippen LogP contribution in [0.3, 0.4) is 0 Å². The Labute approximate surface area is 168 Å². The van der Waals surface area contributed by atoms with Gasteiger partial charge in [-0.2, -0.15) is 0 Å². The normalized spacial score (nSPS) is 17.3. The number of piperidine rings is 1. The molecule has 0 bridgehead atoms. The summed E-state index contributed by atoms with van der Waals surface area (Å²) in [5.74, 6) is -0.0298. The van der Waals surface area contributed by atoms with Gasteiger partial charge < -0.3 is 9.32 Å². The molecule has 5 nitrogen and oxygen atoms in total. The Kier molecular flexibility index (Phi) is 5.27. The third kappa shape index (κ3) is 3.91. The fourth-order valence-electron chi connectivity index (χ4n) is 2.97. The van der Waals surface area contributed by atoms with Crippen LogP contribution in [0.4, 0.5) is 10.1 Å². The van der Waals surface area contributed by atoms with E-state index in [0.29, 0.717) is 29.8 Å². The van der Waals surface area contributed by atoms with E-state index in [2.05, 4.69) is 26.1 Å². The van der Waals surface area contributed by atoms with E-state index in [1.54, 1.807) is 17.0 Å². The van der Waals surface area contributed by atoms with Gasteiger partial charge >= 0.3 is 0 Å². The average molecular weight is 448 g/mol. The first-order valence-corrected chi connectivity index (χ1v) is 10.1. The second-order valence-corrected chi connectivity index (χ2v) is 8.08. The van der Waals surface area contributed by atoms with E-state index in [1.807, 2.05) is 24.3 Å². The second-order valence-electron chi connectivity index (χ2n) is 6.07. The van der Waals surface area contributed by atoms with Crippen molar-refractivity contribution in [3.05, 3.63) is 58.8 Å². The molecule has 0 saturated carbocycles. The molecule has 1 aromatic heterocycles. The van der Waals surface area contributed by atoms with Crippen molar-refractivity contribution in [2.75, 3.05) is 11.4 Å². The van der Waals surface area contributed by atoms with Crippen molar-refractivity contribution in [1.82, 2.24) is 10.2 Å². The summed E-state index contributed by atoms with van der Waals surface area (Å²) in [6.07, 6.45) is 1.53. The van der Waals surface area contributed by atoms with Gasteiger partial charge in [-0.05, 0) is 59.1 Å². The Bertz CT molecular complexity index is 981. The minimum absolute atomic E-state index is 0.0718. The van der Waals surface area contributed by atoms with Crippen molar-refractivity contribution in [2.24, 2.45) is 0 Å². The molecular formula is C19H15BrFN3O2S. The Morgan fingerprint density at radius 2 is 2.04 bits per heavy atom. The van der Waals surface area contributed by atoms with Crippen molar-refractivity contribution in [3.63, 3.8) is 0 Å². The maximum Gasteiger partial charge on any atom is 0.277 e. The number of aromatic nitrogens is 2. The van der Waals surface area contributed by atoms with E-state index in [0.717, 1.165) is 16.5 Å². The summed E-state index contributed by atoms with van der Waals surface area (Å²) in [6.45, 7) is 0.575. The summed E-state index contributed by atoms with van der Waals surface area (Å²) in [6, 6.07) is 13.7. The molecule has 0 N–H and O–H groups in total. The number of hydrogen-bond donors (Lipinski definition) is 0. The number of nitrogens with zero attached hydrogens (tertiary/aromatic N) is 3. The molecule has 2 heterocycles. The van der Waals surface area contributed by atoms with Gasteiger partial charge in [0.25, 0.3) is 5.22 Å². The Balaban J connectivity index is 1.51. The summed E-state index contributed by atoms with van der Waals surface area (Å²) < 4.78 is 20.1. The van der Waals surface area contributed by atoms with Gasteiger partial charge in [0, 0.05) is 16.7 Å². The molecule has 3 aromatic rings. The van der Waals surface area contributed by atoms with E-state index in [4.69, 9.17) is 4.42 Å². The zero-order chi connectivity index (χ0) is 18.8. The number of thioether (sulfide) groups is 1. The van der Waals surface area contributed by atoms with Gasteiger partial charge in [-0.15, -0.1) is 10.2 Å². The average Bonchev–Trinajstić information content (AvgIpc) is 3.12. The van der Waals surface area contributed by atoms with Crippen molar-refractivity contribution >= 4 is 39.3 Å². The van der Waals surface area contributed by atoms with E-state index in [9.17, 15) is 9.18 Å². The first-order valence-electron chi connectivity index (χ1n) is 8.44. The zero-order valence-corrected chi connectivity index (χ0v) is 16.5. The number of benzene rings is 2. The molecule has 27 heavy (non-hydrogen) atoms. The van der Waals surface area contributed by atoms with E-state index < -0.39 is 0 Å². The van der Waals surface area contributed by atoms with Gasteiger partial charge in [0.1, 0.15) is 5.82 Å². The third-order valence-corrected chi connectivity index (χ3v) is 6.04. The number of hydrogen-bond acceptors (Lipinski definition) is 5. The summed E-state index contributed by atoms with van der Waals surface area (Å²) in [7, 11) is 0. The highest BCUT2D eigenvalue weighted by Gasteiger charge is 2.32. The molecule has 8 heteroatoms. The largest absolute Gasteiger partial charge is 0.411 e. The highest BCUT2D eigenvalue weighted by molar-refractivity contribution is 9.10. The van der Waals surface area contributed by atoms with Gasteiger partial charge in [0.15, 0.2) is 0 Å². The molecule has 0 radical (unpaired) electrons. The van der Waals surface area contributed by atoms with Crippen LogP contribution in [0.2, 0.25) is 0 Å². The van der Waals surface area contributed by atoms with Crippen LogP contribution in [0, 0.1) is 5.82 Å². The van der Waals surface area contributed by atoms with Crippen molar-refractivity contribution in [2.45, 2.75) is 23.3 Å². The van der Waals surface area contributed by atoms with E-state index >= 15 is 0 Å². The van der Waals surface area contributed by atoms with Crippen molar-refractivity contribution in [1.29, 1.82) is 0 Å². The van der Waals surface area contributed by atoms with Crippen LogP contribution in [0.15, 0.2) is 62.6 Å². The summed E-state index contributed by atoms with van der Waals surface area (Å²) in [4.78, 5) is 14.5. The molecule has 1 fully saturated rings. The molecule has 0 aliphatic carbocycles. The molecule has 138 valence electrons. The minimum Gasteiger partial charge on any atom is -0.411 e. The molecule has 4 rings (SSSR count). The number of anilines is 1. The molecule has 1 saturated heterocycles. The van der Waals surface area contributed by atoms with Crippen LogP contribution in [0.1, 0.15) is 12.8 Å². The highest BCUT2D eigenvalue weighted by Crippen LogP contribution is 2.34. The maximum atomic E-state index is 13.5. The number of rotatable bonds is 4. The molecule has 2 aromatic carbocycles. The number of carbonyl (C=O) groups is 1. The molecule has 1 amide bonds. The van der Waals surface area contributed by atoms with Crippen molar-refractivity contribution < 1.29 is 13.6 Å². The fraction of sp³-hybridized carbons (Fsp3) is 0.211. The summed E-state index contributed by atoms with van der Waals surface area (Å²) >= 11 is 4.72. The second kappa shape index (κ2) is 7.82. The molecule has 1 aliphatic heterocycles. The maximum absolute atomic E-state index is 13.5. The number of carbonyl (C=O) groups excluding carboxylic acids is 1. The predicted octanol–water partition coefficient (Wildman–Crippen LogP) is 4.93. The van der Waals surface area contributed by atoms with Crippen LogP contribution in [0.5, 0.6) is 0 Å².